The van der Waals surface area contributed by atoms with Crippen LogP contribution in [0.25, 0.3) is 0 Å². The SMILES string of the molecule is O=C(O)N1CC2(CCCC2)C[C@H]1CO. The molecule has 2 rings (SSSR count). The van der Waals surface area contributed by atoms with E-state index in [1.165, 1.54) is 17.7 Å². The van der Waals surface area contributed by atoms with E-state index in [0.717, 1.165) is 19.3 Å². The summed E-state index contributed by atoms with van der Waals surface area (Å²) in [5.41, 5.74) is 0.200. The Morgan fingerprint density at radius 1 is 1.43 bits per heavy atom. The van der Waals surface area contributed by atoms with E-state index in [9.17, 15) is 4.79 Å². The first kappa shape index (κ1) is 9.77. The van der Waals surface area contributed by atoms with Crippen LogP contribution in [0.15, 0.2) is 0 Å². The molecule has 1 aliphatic heterocycles. The van der Waals surface area contributed by atoms with Gasteiger partial charge in [-0.2, -0.15) is 0 Å². The number of likely N-dealkylation sites (tertiary alicyclic amines) is 1. The fourth-order valence-electron chi connectivity index (χ4n) is 3.04. The molecule has 0 aromatic rings. The summed E-state index contributed by atoms with van der Waals surface area (Å²) in [5.74, 6) is 0. The summed E-state index contributed by atoms with van der Waals surface area (Å²) in [4.78, 5) is 12.3. The number of amides is 1. The van der Waals surface area contributed by atoms with Crippen molar-refractivity contribution in [3.05, 3.63) is 0 Å². The predicted molar refractivity (Wildman–Crippen MR) is 51.1 cm³/mol. The molecule has 0 bridgehead atoms. The highest BCUT2D eigenvalue weighted by atomic mass is 16.4. The Hall–Kier alpha value is -0.770. The van der Waals surface area contributed by atoms with Gasteiger partial charge in [0.15, 0.2) is 0 Å². The number of carboxylic acid groups (broad SMARTS) is 1. The largest absolute Gasteiger partial charge is 0.465 e. The zero-order chi connectivity index (χ0) is 10.2. The van der Waals surface area contributed by atoms with Gasteiger partial charge in [0.05, 0.1) is 12.6 Å². The van der Waals surface area contributed by atoms with Crippen LogP contribution in [-0.2, 0) is 0 Å². The molecule has 4 nitrogen and oxygen atoms in total. The third kappa shape index (κ3) is 1.47. The summed E-state index contributed by atoms with van der Waals surface area (Å²) in [5, 5.41) is 18.1. The molecule has 1 saturated heterocycles. The molecule has 0 aromatic carbocycles. The Kier molecular flexibility index (Phi) is 2.39. The van der Waals surface area contributed by atoms with Crippen molar-refractivity contribution in [1.29, 1.82) is 0 Å². The number of hydrogen-bond acceptors (Lipinski definition) is 2. The molecular weight excluding hydrogens is 182 g/mol. The summed E-state index contributed by atoms with van der Waals surface area (Å²) >= 11 is 0. The molecule has 2 fully saturated rings. The Morgan fingerprint density at radius 3 is 2.50 bits per heavy atom. The van der Waals surface area contributed by atoms with Gasteiger partial charge in [0.2, 0.25) is 0 Å². The van der Waals surface area contributed by atoms with Crippen molar-refractivity contribution in [1.82, 2.24) is 4.90 Å². The van der Waals surface area contributed by atoms with Crippen molar-refractivity contribution in [3.63, 3.8) is 0 Å². The molecule has 1 spiro atoms. The zero-order valence-corrected chi connectivity index (χ0v) is 8.28. The van der Waals surface area contributed by atoms with Gasteiger partial charge in [-0.15, -0.1) is 0 Å². The third-order valence-corrected chi connectivity index (χ3v) is 3.74. The molecule has 0 unspecified atom stereocenters. The van der Waals surface area contributed by atoms with Gasteiger partial charge < -0.3 is 15.1 Å². The van der Waals surface area contributed by atoms with E-state index >= 15 is 0 Å². The first-order valence-corrected chi connectivity index (χ1v) is 5.27. The standard InChI is InChI=1S/C10H17NO3/c12-6-8-5-10(3-1-2-4-10)7-11(8)9(13)14/h8,12H,1-7H2,(H,13,14)/t8-/m0/s1. The number of rotatable bonds is 1. The third-order valence-electron chi connectivity index (χ3n) is 3.74. The van der Waals surface area contributed by atoms with Gasteiger partial charge in [0.25, 0.3) is 0 Å². The van der Waals surface area contributed by atoms with E-state index in [1.807, 2.05) is 0 Å². The molecule has 14 heavy (non-hydrogen) atoms. The lowest BCUT2D eigenvalue weighted by Gasteiger charge is -2.21. The fourth-order valence-corrected chi connectivity index (χ4v) is 3.04. The summed E-state index contributed by atoms with van der Waals surface area (Å²) in [6.45, 7) is 0.599. The highest BCUT2D eigenvalue weighted by Crippen LogP contribution is 2.47. The zero-order valence-electron chi connectivity index (χ0n) is 8.28. The smallest absolute Gasteiger partial charge is 0.407 e. The highest BCUT2D eigenvalue weighted by Gasteiger charge is 2.46. The molecule has 1 amide bonds. The first-order chi connectivity index (χ1) is 6.67. The molecule has 2 aliphatic rings. The normalized spacial score (nSPS) is 30.1. The molecule has 4 heteroatoms. The molecular formula is C10H17NO3. The maximum absolute atomic E-state index is 10.9. The lowest BCUT2D eigenvalue weighted by atomic mass is 9.84. The number of aliphatic hydroxyl groups is 1. The fraction of sp³-hybridized carbons (Fsp3) is 0.900. The van der Waals surface area contributed by atoms with Gasteiger partial charge in [-0.3, -0.25) is 0 Å². The van der Waals surface area contributed by atoms with E-state index in [4.69, 9.17) is 10.2 Å². The molecule has 0 radical (unpaired) electrons. The second kappa shape index (κ2) is 3.42. The Bertz CT molecular complexity index is 236. The van der Waals surface area contributed by atoms with Crippen LogP contribution >= 0.6 is 0 Å². The lowest BCUT2D eigenvalue weighted by Crippen LogP contribution is -2.37. The summed E-state index contributed by atoms with van der Waals surface area (Å²) in [7, 11) is 0. The molecule has 1 saturated carbocycles. The summed E-state index contributed by atoms with van der Waals surface area (Å²) < 4.78 is 0. The minimum absolute atomic E-state index is 0.0337. The Morgan fingerprint density at radius 2 is 2.07 bits per heavy atom. The highest BCUT2D eigenvalue weighted by molar-refractivity contribution is 5.66. The summed E-state index contributed by atoms with van der Waals surface area (Å²) in [6.07, 6.45) is 4.67. The van der Waals surface area contributed by atoms with E-state index in [2.05, 4.69) is 0 Å². The van der Waals surface area contributed by atoms with Crippen molar-refractivity contribution < 1.29 is 15.0 Å². The van der Waals surface area contributed by atoms with E-state index in [1.54, 1.807) is 0 Å². The van der Waals surface area contributed by atoms with Gasteiger partial charge in [-0.05, 0) is 24.7 Å². The minimum Gasteiger partial charge on any atom is -0.465 e. The van der Waals surface area contributed by atoms with Gasteiger partial charge >= 0.3 is 6.09 Å². The van der Waals surface area contributed by atoms with Crippen molar-refractivity contribution in [2.24, 2.45) is 5.41 Å². The maximum atomic E-state index is 10.9. The van der Waals surface area contributed by atoms with Crippen molar-refractivity contribution in [2.75, 3.05) is 13.2 Å². The Balaban J connectivity index is 2.10. The van der Waals surface area contributed by atoms with Crippen LogP contribution < -0.4 is 0 Å². The number of nitrogens with zero attached hydrogens (tertiary/aromatic N) is 1. The lowest BCUT2D eigenvalue weighted by molar-refractivity contribution is 0.117. The Labute approximate surface area is 83.5 Å². The molecule has 80 valence electrons. The van der Waals surface area contributed by atoms with Gasteiger partial charge in [-0.1, -0.05) is 12.8 Å². The predicted octanol–water partition coefficient (Wildman–Crippen LogP) is 1.29. The molecule has 1 heterocycles. The van der Waals surface area contributed by atoms with E-state index < -0.39 is 6.09 Å². The number of hydrogen-bond donors (Lipinski definition) is 2. The first-order valence-electron chi connectivity index (χ1n) is 5.27. The maximum Gasteiger partial charge on any atom is 0.407 e. The minimum atomic E-state index is -0.882. The van der Waals surface area contributed by atoms with Crippen LogP contribution in [0, 0.1) is 5.41 Å². The second-order valence-corrected chi connectivity index (χ2v) is 4.66. The van der Waals surface area contributed by atoms with Gasteiger partial charge in [0.1, 0.15) is 0 Å². The van der Waals surface area contributed by atoms with Crippen molar-refractivity contribution in [2.45, 2.75) is 38.1 Å². The van der Waals surface area contributed by atoms with Crippen LogP contribution in [-0.4, -0.2) is 40.4 Å². The molecule has 0 aromatic heterocycles. The van der Waals surface area contributed by atoms with E-state index in [-0.39, 0.29) is 18.1 Å². The average Bonchev–Trinajstić information content (AvgIpc) is 2.74. The van der Waals surface area contributed by atoms with Crippen LogP contribution in [0.5, 0.6) is 0 Å². The van der Waals surface area contributed by atoms with Crippen LogP contribution in [0.2, 0.25) is 0 Å². The monoisotopic (exact) mass is 199 g/mol. The van der Waals surface area contributed by atoms with E-state index in [0.29, 0.717) is 6.54 Å². The molecule has 1 atom stereocenters. The van der Waals surface area contributed by atoms with Crippen LogP contribution in [0.4, 0.5) is 4.79 Å². The average molecular weight is 199 g/mol. The number of carbonyl (C=O) groups is 1. The summed E-state index contributed by atoms with van der Waals surface area (Å²) in [6, 6.07) is -0.161. The van der Waals surface area contributed by atoms with Crippen LogP contribution in [0.3, 0.4) is 0 Å². The van der Waals surface area contributed by atoms with Gasteiger partial charge in [-0.25, -0.2) is 4.79 Å². The quantitative estimate of drug-likeness (QED) is 0.669. The van der Waals surface area contributed by atoms with Crippen LogP contribution in [0.1, 0.15) is 32.1 Å². The topological polar surface area (TPSA) is 60.8 Å². The van der Waals surface area contributed by atoms with Crippen molar-refractivity contribution in [3.8, 4) is 0 Å². The van der Waals surface area contributed by atoms with Gasteiger partial charge in [0, 0.05) is 6.54 Å². The molecule has 1 aliphatic carbocycles. The number of aliphatic hydroxyl groups excluding tert-OH is 1. The second-order valence-electron chi connectivity index (χ2n) is 4.66. The molecule has 2 N–H and O–H groups in total. The van der Waals surface area contributed by atoms with Crippen molar-refractivity contribution >= 4 is 6.09 Å².